The van der Waals surface area contributed by atoms with Crippen LogP contribution in [-0.2, 0) is 0 Å². The molecule has 2 aromatic rings. The minimum absolute atomic E-state index is 0.0761. The van der Waals surface area contributed by atoms with Crippen molar-refractivity contribution in [1.29, 1.82) is 0 Å². The van der Waals surface area contributed by atoms with Gasteiger partial charge in [0.05, 0.1) is 5.92 Å². The third-order valence-corrected chi connectivity index (χ3v) is 3.54. The molecular formula is C17H15F4NO2. The number of halogens is 4. The fourth-order valence-electron chi connectivity index (χ4n) is 1.98. The van der Waals surface area contributed by atoms with E-state index in [-0.39, 0.29) is 35.0 Å². The van der Waals surface area contributed by atoms with Gasteiger partial charge >= 0.3 is 6.18 Å². The number of Topliss-reactive ketones (excluding diaryl/α,β-unsaturated/α-hetero) is 1. The van der Waals surface area contributed by atoms with Crippen LogP contribution in [0.15, 0.2) is 36.5 Å². The summed E-state index contributed by atoms with van der Waals surface area (Å²) in [5, 5.41) is 0. The normalized spacial score (nSPS) is 12.8. The average molecular weight is 341 g/mol. The highest BCUT2D eigenvalue weighted by Crippen LogP contribution is 2.35. The number of nitrogens with zero attached hydrogens (tertiary/aromatic N) is 1. The predicted molar refractivity (Wildman–Crippen MR) is 79.8 cm³/mol. The maximum absolute atomic E-state index is 13.9. The molecule has 1 atom stereocenters. The molecule has 0 bridgehead atoms. The molecule has 0 radical (unpaired) electrons. The SMILES string of the molecule is CCC(=O)c1cnc(Oc2ccc(C(C)C(F)(F)F)cc2)c(F)c1. The Hall–Kier alpha value is -2.44. The minimum atomic E-state index is -4.34. The first-order valence-corrected chi connectivity index (χ1v) is 7.25. The molecule has 1 aromatic carbocycles. The van der Waals surface area contributed by atoms with E-state index in [2.05, 4.69) is 4.98 Å². The lowest BCUT2D eigenvalue weighted by Crippen LogP contribution is -2.17. The number of alkyl halides is 3. The van der Waals surface area contributed by atoms with Gasteiger partial charge in [0.2, 0.25) is 0 Å². The van der Waals surface area contributed by atoms with Crippen molar-refractivity contribution in [3.05, 3.63) is 53.5 Å². The number of aromatic nitrogens is 1. The van der Waals surface area contributed by atoms with E-state index >= 15 is 0 Å². The van der Waals surface area contributed by atoms with Crippen LogP contribution < -0.4 is 4.74 Å². The highest BCUT2D eigenvalue weighted by Gasteiger charge is 2.36. The summed E-state index contributed by atoms with van der Waals surface area (Å²) in [5.41, 5.74) is 0.212. The van der Waals surface area contributed by atoms with Crippen molar-refractivity contribution in [3.63, 3.8) is 0 Å². The van der Waals surface area contributed by atoms with Crippen LogP contribution in [0.2, 0.25) is 0 Å². The molecule has 0 saturated heterocycles. The zero-order chi connectivity index (χ0) is 17.9. The lowest BCUT2D eigenvalue weighted by atomic mass is 10.0. The highest BCUT2D eigenvalue weighted by atomic mass is 19.4. The summed E-state index contributed by atoms with van der Waals surface area (Å²) < 4.78 is 57.1. The minimum Gasteiger partial charge on any atom is -0.436 e. The van der Waals surface area contributed by atoms with Gasteiger partial charge in [-0.05, 0) is 30.7 Å². The van der Waals surface area contributed by atoms with Crippen LogP contribution in [0.25, 0.3) is 0 Å². The fraction of sp³-hybridized carbons (Fsp3) is 0.294. The van der Waals surface area contributed by atoms with Crippen LogP contribution in [0.1, 0.15) is 42.1 Å². The van der Waals surface area contributed by atoms with E-state index in [0.29, 0.717) is 0 Å². The van der Waals surface area contributed by atoms with Crippen molar-refractivity contribution in [3.8, 4) is 11.6 Å². The molecule has 0 amide bonds. The van der Waals surface area contributed by atoms with Gasteiger partial charge in [-0.3, -0.25) is 4.79 Å². The first-order chi connectivity index (χ1) is 11.2. The molecule has 0 saturated carbocycles. The van der Waals surface area contributed by atoms with Crippen LogP contribution in [0.5, 0.6) is 11.6 Å². The second-order valence-corrected chi connectivity index (χ2v) is 5.22. The summed E-state index contributed by atoms with van der Waals surface area (Å²) in [6.07, 6.45) is -2.91. The second-order valence-electron chi connectivity index (χ2n) is 5.22. The lowest BCUT2D eigenvalue weighted by Gasteiger charge is -2.16. The van der Waals surface area contributed by atoms with Gasteiger partial charge in [-0.15, -0.1) is 0 Å². The Morgan fingerprint density at radius 1 is 1.25 bits per heavy atom. The van der Waals surface area contributed by atoms with Crippen LogP contribution in [0.3, 0.4) is 0 Å². The van der Waals surface area contributed by atoms with Crippen molar-refractivity contribution in [2.75, 3.05) is 0 Å². The maximum atomic E-state index is 13.9. The zero-order valence-corrected chi connectivity index (χ0v) is 13.0. The Morgan fingerprint density at radius 3 is 2.38 bits per heavy atom. The van der Waals surface area contributed by atoms with Gasteiger partial charge in [0, 0.05) is 18.2 Å². The van der Waals surface area contributed by atoms with E-state index in [0.717, 1.165) is 13.0 Å². The van der Waals surface area contributed by atoms with Crippen molar-refractivity contribution in [2.45, 2.75) is 32.4 Å². The maximum Gasteiger partial charge on any atom is 0.395 e. The molecule has 0 fully saturated rings. The number of ketones is 1. The molecule has 0 aliphatic rings. The molecule has 7 heteroatoms. The summed E-state index contributed by atoms with van der Waals surface area (Å²) in [4.78, 5) is 15.2. The summed E-state index contributed by atoms with van der Waals surface area (Å²) in [6, 6.07) is 6.17. The molecule has 24 heavy (non-hydrogen) atoms. The van der Waals surface area contributed by atoms with E-state index in [1.807, 2.05) is 0 Å². The molecule has 128 valence electrons. The molecule has 1 unspecified atom stereocenters. The Bertz CT molecular complexity index is 726. The standard InChI is InChI=1S/C17H15F4NO2/c1-3-15(23)12-8-14(18)16(22-9-12)24-13-6-4-11(5-7-13)10(2)17(19,20)21/h4-10H,3H2,1-2H3. The van der Waals surface area contributed by atoms with Crippen LogP contribution in [-0.4, -0.2) is 16.9 Å². The summed E-state index contributed by atoms with van der Waals surface area (Å²) in [6.45, 7) is 2.70. The highest BCUT2D eigenvalue weighted by molar-refractivity contribution is 5.95. The first-order valence-electron chi connectivity index (χ1n) is 7.25. The van der Waals surface area contributed by atoms with Gasteiger partial charge in [-0.25, -0.2) is 9.37 Å². The third kappa shape index (κ3) is 4.10. The quantitative estimate of drug-likeness (QED) is 0.549. The van der Waals surface area contributed by atoms with Crippen LogP contribution >= 0.6 is 0 Å². The molecule has 2 rings (SSSR count). The fourth-order valence-corrected chi connectivity index (χ4v) is 1.98. The van der Waals surface area contributed by atoms with Crippen LogP contribution in [0, 0.1) is 5.82 Å². The monoisotopic (exact) mass is 341 g/mol. The number of ether oxygens (including phenoxy) is 1. The van der Waals surface area contributed by atoms with Gasteiger partial charge in [-0.1, -0.05) is 19.1 Å². The number of carbonyl (C=O) groups is 1. The predicted octanol–water partition coefficient (Wildman–Crippen LogP) is 5.27. The van der Waals surface area contributed by atoms with E-state index in [1.54, 1.807) is 6.92 Å². The van der Waals surface area contributed by atoms with Crippen molar-refractivity contribution in [1.82, 2.24) is 4.98 Å². The number of carbonyl (C=O) groups excluding carboxylic acids is 1. The van der Waals surface area contributed by atoms with Gasteiger partial charge in [-0.2, -0.15) is 13.2 Å². The van der Waals surface area contributed by atoms with E-state index in [9.17, 15) is 22.4 Å². The first kappa shape index (κ1) is 17.9. The van der Waals surface area contributed by atoms with E-state index < -0.39 is 17.9 Å². The Balaban J connectivity index is 2.16. The van der Waals surface area contributed by atoms with Gasteiger partial charge in [0.15, 0.2) is 11.6 Å². The summed E-state index contributed by atoms with van der Waals surface area (Å²) in [5.74, 6) is -2.88. The average Bonchev–Trinajstić information content (AvgIpc) is 2.55. The van der Waals surface area contributed by atoms with E-state index in [1.165, 1.54) is 30.5 Å². The molecule has 0 N–H and O–H groups in total. The molecule has 0 aliphatic heterocycles. The Morgan fingerprint density at radius 2 is 1.88 bits per heavy atom. The number of pyridine rings is 1. The van der Waals surface area contributed by atoms with Crippen LogP contribution in [0.4, 0.5) is 17.6 Å². The Kier molecular flexibility index (Phi) is 5.21. The number of hydrogen-bond acceptors (Lipinski definition) is 3. The molecule has 1 aromatic heterocycles. The lowest BCUT2D eigenvalue weighted by molar-refractivity contribution is -0.146. The molecule has 3 nitrogen and oxygen atoms in total. The second kappa shape index (κ2) is 6.98. The number of benzene rings is 1. The van der Waals surface area contributed by atoms with Gasteiger partial charge in [0.1, 0.15) is 5.75 Å². The topological polar surface area (TPSA) is 39.2 Å². The molecule has 0 aliphatic carbocycles. The largest absolute Gasteiger partial charge is 0.436 e. The van der Waals surface area contributed by atoms with E-state index in [4.69, 9.17) is 4.74 Å². The Labute approximate surface area is 136 Å². The van der Waals surface area contributed by atoms with Crippen molar-refractivity contribution in [2.24, 2.45) is 0 Å². The molecular weight excluding hydrogens is 326 g/mol. The zero-order valence-electron chi connectivity index (χ0n) is 13.0. The smallest absolute Gasteiger partial charge is 0.395 e. The molecule has 0 spiro atoms. The van der Waals surface area contributed by atoms with Gasteiger partial charge < -0.3 is 4.74 Å². The number of rotatable bonds is 5. The van der Waals surface area contributed by atoms with Crippen molar-refractivity contribution >= 4 is 5.78 Å². The van der Waals surface area contributed by atoms with Gasteiger partial charge in [0.25, 0.3) is 5.88 Å². The van der Waals surface area contributed by atoms with Crippen molar-refractivity contribution < 1.29 is 27.1 Å². The third-order valence-electron chi connectivity index (χ3n) is 3.54. The summed E-state index contributed by atoms with van der Waals surface area (Å²) >= 11 is 0. The molecule has 1 heterocycles. The summed E-state index contributed by atoms with van der Waals surface area (Å²) in [7, 11) is 0. The number of hydrogen-bond donors (Lipinski definition) is 0.